The van der Waals surface area contributed by atoms with Crippen LogP contribution in [0.1, 0.15) is 50.7 Å². The summed E-state index contributed by atoms with van der Waals surface area (Å²) in [5.74, 6) is -0.411. The summed E-state index contributed by atoms with van der Waals surface area (Å²) >= 11 is 0. The molecule has 168 valence electrons. The highest BCUT2D eigenvalue weighted by Crippen LogP contribution is 2.30. The van der Waals surface area contributed by atoms with Gasteiger partial charge in [-0.3, -0.25) is 4.90 Å². The second-order valence-electron chi connectivity index (χ2n) is 9.79. The number of hydrogen-bond donors (Lipinski definition) is 1. The zero-order chi connectivity index (χ0) is 21.6. The number of likely N-dealkylation sites (tertiary alicyclic amines) is 1. The Morgan fingerprint density at radius 3 is 2.40 bits per heavy atom. The fourth-order valence-corrected chi connectivity index (χ4v) is 9.95. The number of hydrogen-bond acceptors (Lipinski definition) is 6. The number of benzene rings is 1. The Bertz CT molecular complexity index is 996. The van der Waals surface area contributed by atoms with Gasteiger partial charge in [-0.2, -0.15) is 0 Å². The highest BCUT2D eigenvalue weighted by molar-refractivity contribution is 7.96. The number of sulfone groups is 2. The van der Waals surface area contributed by atoms with E-state index in [0.717, 1.165) is 44.3 Å². The van der Waals surface area contributed by atoms with Crippen molar-refractivity contribution in [1.82, 2.24) is 10.2 Å². The first-order chi connectivity index (χ1) is 14.1. The number of nitrogens with one attached hydrogen (secondary N) is 1. The molecule has 2 fully saturated rings. The summed E-state index contributed by atoms with van der Waals surface area (Å²) in [6.07, 6.45) is 6.45. The van der Waals surface area contributed by atoms with Crippen LogP contribution in [0.5, 0.6) is 0 Å². The average Bonchev–Trinajstić information content (AvgIpc) is 3.34. The molecule has 2 saturated heterocycles. The van der Waals surface area contributed by atoms with E-state index in [-0.39, 0.29) is 21.9 Å². The van der Waals surface area contributed by atoms with Gasteiger partial charge >= 0.3 is 0 Å². The maximum atomic E-state index is 13.5. The second kappa shape index (κ2) is 8.19. The van der Waals surface area contributed by atoms with Gasteiger partial charge in [-0.15, -0.1) is 0 Å². The molecule has 2 atom stereocenters. The monoisotopic (exact) mass is 454 g/mol. The first kappa shape index (κ1) is 22.2. The smallest absolute Gasteiger partial charge is 0.183 e. The highest BCUT2D eigenvalue weighted by atomic mass is 32.2. The van der Waals surface area contributed by atoms with E-state index >= 15 is 0 Å². The molecular formula is C22H34N2O4S2. The lowest BCUT2D eigenvalue weighted by atomic mass is 9.92. The van der Waals surface area contributed by atoms with Gasteiger partial charge in [-0.05, 0) is 88.7 Å². The molecule has 8 heteroatoms. The van der Waals surface area contributed by atoms with Crippen LogP contribution in [0.2, 0.25) is 0 Å². The summed E-state index contributed by atoms with van der Waals surface area (Å²) in [5.41, 5.74) is 2.19. The Morgan fingerprint density at radius 2 is 1.70 bits per heavy atom. The molecule has 30 heavy (non-hydrogen) atoms. The van der Waals surface area contributed by atoms with Crippen molar-refractivity contribution < 1.29 is 16.8 Å². The third-order valence-corrected chi connectivity index (χ3v) is 11.3. The van der Waals surface area contributed by atoms with Gasteiger partial charge in [0.2, 0.25) is 0 Å². The maximum Gasteiger partial charge on any atom is 0.183 e. The zero-order valence-electron chi connectivity index (χ0n) is 18.1. The normalized spacial score (nSPS) is 27.3. The quantitative estimate of drug-likeness (QED) is 0.708. The van der Waals surface area contributed by atoms with Crippen LogP contribution >= 0.6 is 0 Å². The predicted molar refractivity (Wildman–Crippen MR) is 119 cm³/mol. The van der Waals surface area contributed by atoms with Crippen LogP contribution in [0.15, 0.2) is 23.1 Å². The summed E-state index contributed by atoms with van der Waals surface area (Å²) < 4.78 is 51.8. The van der Waals surface area contributed by atoms with E-state index in [1.165, 1.54) is 18.4 Å². The summed E-state index contributed by atoms with van der Waals surface area (Å²) in [6, 6.07) is 4.82. The van der Waals surface area contributed by atoms with Crippen molar-refractivity contribution in [2.24, 2.45) is 0 Å². The van der Waals surface area contributed by atoms with E-state index in [9.17, 15) is 16.8 Å². The molecule has 0 bridgehead atoms. The summed E-state index contributed by atoms with van der Waals surface area (Å²) in [4.78, 5) is 2.67. The lowest BCUT2D eigenvalue weighted by Crippen LogP contribution is -2.54. The number of rotatable bonds is 6. The summed E-state index contributed by atoms with van der Waals surface area (Å²) in [7, 11) is -7.13. The first-order valence-corrected chi connectivity index (χ1v) is 14.5. The van der Waals surface area contributed by atoms with Crippen LogP contribution in [-0.4, -0.2) is 69.7 Å². The molecule has 6 nitrogen and oxygen atoms in total. The van der Waals surface area contributed by atoms with Crippen LogP contribution in [0, 0.1) is 0 Å². The van der Waals surface area contributed by atoms with Gasteiger partial charge in [0.25, 0.3) is 0 Å². The van der Waals surface area contributed by atoms with Gasteiger partial charge in [-0.1, -0.05) is 6.07 Å². The van der Waals surface area contributed by atoms with Crippen LogP contribution < -0.4 is 5.32 Å². The molecule has 0 unspecified atom stereocenters. The van der Waals surface area contributed by atoms with Crippen molar-refractivity contribution in [2.45, 2.75) is 74.1 Å². The molecular weight excluding hydrogens is 420 g/mol. The fraction of sp³-hybridized carbons (Fsp3) is 0.727. The molecule has 0 amide bonds. The zero-order valence-corrected chi connectivity index (χ0v) is 19.7. The Hall–Kier alpha value is -0.960. The standard InChI is InChI=1S/C22H34N2O4S2/c1-22(2,24-11-5-6-12-24)16-23-20-14-29(25,26)15-21(20)30(27,28)19-10-9-17-7-3-4-8-18(17)13-19/h9-10,13,20-21,23H,3-8,11-12,14-16H2,1-2H3/t20-,21-/m0/s1. The van der Waals surface area contributed by atoms with Crippen molar-refractivity contribution in [2.75, 3.05) is 31.1 Å². The number of aryl methyl sites for hydroxylation is 2. The lowest BCUT2D eigenvalue weighted by Gasteiger charge is -2.37. The fourth-order valence-electron chi connectivity index (χ4n) is 5.19. The van der Waals surface area contributed by atoms with Gasteiger partial charge in [-0.25, -0.2) is 16.8 Å². The molecule has 0 spiro atoms. The van der Waals surface area contributed by atoms with Crippen molar-refractivity contribution in [3.8, 4) is 0 Å². The second-order valence-corrected chi connectivity index (χ2v) is 14.1. The lowest BCUT2D eigenvalue weighted by molar-refractivity contribution is 0.148. The Balaban J connectivity index is 1.56. The highest BCUT2D eigenvalue weighted by Gasteiger charge is 2.46. The van der Waals surface area contributed by atoms with E-state index in [4.69, 9.17) is 0 Å². The van der Waals surface area contributed by atoms with Crippen LogP contribution in [-0.2, 0) is 32.5 Å². The number of fused-ring (bicyclic) bond motifs is 1. The van der Waals surface area contributed by atoms with Crippen LogP contribution in [0.25, 0.3) is 0 Å². The van der Waals surface area contributed by atoms with Gasteiger partial charge < -0.3 is 5.32 Å². The molecule has 1 N–H and O–H groups in total. The van der Waals surface area contributed by atoms with Crippen LogP contribution in [0.3, 0.4) is 0 Å². The molecule has 3 aliphatic rings. The third kappa shape index (κ3) is 4.47. The Kier molecular flexibility index (Phi) is 6.07. The molecule has 2 heterocycles. The van der Waals surface area contributed by atoms with Crippen LogP contribution in [0.4, 0.5) is 0 Å². The molecule has 2 aliphatic heterocycles. The predicted octanol–water partition coefficient (Wildman–Crippen LogP) is 1.97. The van der Waals surface area contributed by atoms with E-state index in [0.29, 0.717) is 6.54 Å². The summed E-state index contributed by atoms with van der Waals surface area (Å²) in [5, 5.41) is 2.41. The molecule has 0 saturated carbocycles. The van der Waals surface area contributed by atoms with Gasteiger partial charge in [0.1, 0.15) is 0 Å². The van der Waals surface area contributed by atoms with E-state index in [2.05, 4.69) is 24.1 Å². The SMILES string of the molecule is CC(C)(CN[C@H]1CS(=O)(=O)C[C@@H]1S(=O)(=O)c1ccc2c(c1)CCCC2)N1CCCC1. The maximum absolute atomic E-state index is 13.5. The minimum absolute atomic E-state index is 0.113. The van der Waals surface area contributed by atoms with E-state index in [1.807, 2.05) is 6.07 Å². The van der Waals surface area contributed by atoms with Gasteiger partial charge in [0, 0.05) is 18.1 Å². The minimum atomic E-state index is -3.73. The first-order valence-electron chi connectivity index (χ1n) is 11.1. The molecule has 1 aromatic carbocycles. The van der Waals surface area contributed by atoms with E-state index < -0.39 is 31.0 Å². The third-order valence-electron chi connectivity index (χ3n) is 7.11. The molecule has 1 aliphatic carbocycles. The molecule has 1 aromatic rings. The topological polar surface area (TPSA) is 83.5 Å². The summed E-state index contributed by atoms with van der Waals surface area (Å²) in [6.45, 7) is 6.93. The minimum Gasteiger partial charge on any atom is -0.310 e. The van der Waals surface area contributed by atoms with E-state index in [1.54, 1.807) is 12.1 Å². The average molecular weight is 455 g/mol. The van der Waals surface area contributed by atoms with Crippen molar-refractivity contribution >= 4 is 19.7 Å². The molecule has 0 aromatic heterocycles. The van der Waals surface area contributed by atoms with Crippen molar-refractivity contribution in [3.63, 3.8) is 0 Å². The largest absolute Gasteiger partial charge is 0.310 e. The molecule has 4 rings (SSSR count). The molecule has 0 radical (unpaired) electrons. The van der Waals surface area contributed by atoms with Gasteiger partial charge in [0.05, 0.1) is 21.7 Å². The van der Waals surface area contributed by atoms with Crippen molar-refractivity contribution in [3.05, 3.63) is 29.3 Å². The Morgan fingerprint density at radius 1 is 1.03 bits per heavy atom. The van der Waals surface area contributed by atoms with Gasteiger partial charge in [0.15, 0.2) is 19.7 Å². The Labute approximate surface area is 181 Å². The van der Waals surface area contributed by atoms with Crippen molar-refractivity contribution in [1.29, 1.82) is 0 Å². The number of nitrogens with zero attached hydrogens (tertiary/aromatic N) is 1.